The average molecular weight is 403 g/mol. The van der Waals surface area contributed by atoms with Crippen LogP contribution in [0.5, 0.6) is 0 Å². The zero-order valence-electron chi connectivity index (χ0n) is 17.0. The Hall–Kier alpha value is -1.28. The van der Waals surface area contributed by atoms with E-state index in [1.807, 2.05) is 0 Å². The van der Waals surface area contributed by atoms with Gasteiger partial charge in [-0.2, -0.15) is 0 Å². The summed E-state index contributed by atoms with van der Waals surface area (Å²) in [5, 5.41) is 8.95. The maximum atomic E-state index is 10.6. The van der Waals surface area contributed by atoms with Gasteiger partial charge in [-0.1, -0.05) is 68.5 Å². The summed E-state index contributed by atoms with van der Waals surface area (Å²) in [5.74, 6) is 1.21. The molecule has 3 atom stereocenters. The number of allylic oxidation sites excluding steroid dienone is 2. The number of aliphatic carboxylic acids is 1. The predicted octanol–water partition coefficient (Wildman–Crippen LogP) is 7.11. The topological polar surface area (TPSA) is 37.3 Å². The molecule has 0 aromatic heterocycles. The van der Waals surface area contributed by atoms with Crippen molar-refractivity contribution in [3.63, 3.8) is 0 Å². The van der Waals surface area contributed by atoms with Gasteiger partial charge in [0.2, 0.25) is 0 Å². The molecule has 2 aliphatic rings. The Kier molecular flexibility index (Phi) is 8.45. The molecule has 3 rings (SSSR count). The summed E-state index contributed by atoms with van der Waals surface area (Å²) in [7, 11) is 0. The van der Waals surface area contributed by atoms with Crippen molar-refractivity contribution in [3.8, 4) is 0 Å². The molecule has 154 valence electrons. The van der Waals surface area contributed by atoms with Gasteiger partial charge in [0.25, 0.3) is 0 Å². The molecule has 0 spiro atoms. The zero-order valence-corrected chi connectivity index (χ0v) is 17.7. The van der Waals surface area contributed by atoms with Crippen LogP contribution in [0.1, 0.15) is 87.7 Å². The van der Waals surface area contributed by atoms with E-state index < -0.39 is 5.97 Å². The lowest BCUT2D eigenvalue weighted by molar-refractivity contribution is -0.137. The van der Waals surface area contributed by atoms with Gasteiger partial charge in [-0.15, -0.1) is 11.6 Å². The normalized spacial score (nSPS) is 26.1. The van der Waals surface area contributed by atoms with Crippen molar-refractivity contribution < 1.29 is 9.90 Å². The number of carboxylic acids is 1. The summed E-state index contributed by atoms with van der Waals surface area (Å²) < 4.78 is 0. The molecule has 28 heavy (non-hydrogen) atoms. The molecule has 1 unspecified atom stereocenters. The maximum absolute atomic E-state index is 10.6. The first-order chi connectivity index (χ1) is 13.6. The van der Waals surface area contributed by atoms with Crippen LogP contribution in [0.15, 0.2) is 36.4 Å². The fourth-order valence-corrected chi connectivity index (χ4v) is 5.52. The minimum absolute atomic E-state index is 0.246. The zero-order chi connectivity index (χ0) is 19.8. The predicted molar refractivity (Wildman–Crippen MR) is 117 cm³/mol. The van der Waals surface area contributed by atoms with Crippen molar-refractivity contribution in [2.75, 3.05) is 0 Å². The van der Waals surface area contributed by atoms with Crippen LogP contribution in [0, 0.1) is 11.8 Å². The van der Waals surface area contributed by atoms with Crippen LogP contribution in [0.3, 0.4) is 0 Å². The Bertz CT molecular complexity index is 630. The van der Waals surface area contributed by atoms with Crippen LogP contribution in [0.25, 0.3) is 0 Å². The fraction of sp³-hybridized carbons (Fsp3) is 0.640. The second-order valence-corrected chi connectivity index (χ2v) is 9.37. The van der Waals surface area contributed by atoms with Crippen LogP contribution in [-0.4, -0.2) is 16.5 Å². The first kappa shape index (κ1) is 21.4. The lowest BCUT2D eigenvalue weighted by Crippen LogP contribution is -2.13. The largest absolute Gasteiger partial charge is 0.481 e. The van der Waals surface area contributed by atoms with Crippen molar-refractivity contribution >= 4 is 17.6 Å². The molecule has 2 nitrogen and oxygen atoms in total. The number of alkyl halides is 1. The molecule has 3 heteroatoms. The summed E-state index contributed by atoms with van der Waals surface area (Å²) in [6, 6.07) is 9.40. The molecule has 0 amide bonds. The van der Waals surface area contributed by atoms with Crippen molar-refractivity contribution in [3.05, 3.63) is 47.5 Å². The highest BCUT2D eigenvalue weighted by Gasteiger charge is 2.34. The molecule has 2 aliphatic carbocycles. The SMILES string of the molecule is O=C(O)CCC/C=C\CC1[C@H](Cl)CC[C@@H]1c1ccc(CC2CCCCC2)cc1. The molecule has 2 fully saturated rings. The summed E-state index contributed by atoms with van der Waals surface area (Å²) in [4.78, 5) is 10.6. The van der Waals surface area contributed by atoms with E-state index in [-0.39, 0.29) is 11.8 Å². The summed E-state index contributed by atoms with van der Waals surface area (Å²) >= 11 is 6.65. The molecule has 2 saturated carbocycles. The third-order valence-corrected chi connectivity index (χ3v) is 7.27. The van der Waals surface area contributed by atoms with Gasteiger partial charge < -0.3 is 5.11 Å². The highest BCUT2D eigenvalue weighted by molar-refractivity contribution is 6.21. The number of unbranched alkanes of at least 4 members (excludes halogenated alkanes) is 1. The molecular weight excluding hydrogens is 368 g/mol. The highest BCUT2D eigenvalue weighted by atomic mass is 35.5. The number of benzene rings is 1. The van der Waals surface area contributed by atoms with E-state index in [9.17, 15) is 4.79 Å². The van der Waals surface area contributed by atoms with Gasteiger partial charge in [-0.25, -0.2) is 0 Å². The Morgan fingerprint density at radius 1 is 1.04 bits per heavy atom. The van der Waals surface area contributed by atoms with Crippen molar-refractivity contribution in [1.82, 2.24) is 0 Å². The molecule has 0 saturated heterocycles. The third-order valence-electron chi connectivity index (χ3n) is 6.73. The van der Waals surface area contributed by atoms with Crippen molar-refractivity contribution in [2.24, 2.45) is 11.8 Å². The number of carbonyl (C=O) groups is 1. The third kappa shape index (κ3) is 6.37. The monoisotopic (exact) mass is 402 g/mol. The summed E-state index contributed by atoms with van der Waals surface area (Å²) in [5.41, 5.74) is 2.94. The smallest absolute Gasteiger partial charge is 0.303 e. The Balaban J connectivity index is 1.52. The highest BCUT2D eigenvalue weighted by Crippen LogP contribution is 2.44. The molecule has 0 radical (unpaired) electrons. The number of halogens is 1. The van der Waals surface area contributed by atoms with Crippen LogP contribution < -0.4 is 0 Å². The Morgan fingerprint density at radius 3 is 2.50 bits per heavy atom. The molecule has 0 heterocycles. The second-order valence-electron chi connectivity index (χ2n) is 8.81. The quantitative estimate of drug-likeness (QED) is 0.271. The minimum atomic E-state index is -0.711. The van der Waals surface area contributed by atoms with E-state index in [2.05, 4.69) is 36.4 Å². The van der Waals surface area contributed by atoms with Crippen LogP contribution in [0.2, 0.25) is 0 Å². The van der Waals surface area contributed by atoms with Crippen LogP contribution in [0.4, 0.5) is 0 Å². The standard InChI is InChI=1S/C25H35ClO2/c26-24-17-16-22(23(24)10-6-1-2-7-11-25(27)28)21-14-12-20(13-15-21)18-19-8-4-3-5-9-19/h1,6,12-15,19,22-24H,2-5,7-11,16-18H2,(H,27,28)/b6-1-/t22-,23?,24-/m1/s1. The van der Waals surface area contributed by atoms with Crippen molar-refractivity contribution in [2.45, 2.75) is 88.3 Å². The van der Waals surface area contributed by atoms with E-state index in [1.165, 1.54) is 56.1 Å². The Labute approximate surface area is 175 Å². The number of hydrogen-bond donors (Lipinski definition) is 1. The van der Waals surface area contributed by atoms with Gasteiger partial charge in [0.05, 0.1) is 0 Å². The van der Waals surface area contributed by atoms with E-state index in [0.29, 0.717) is 18.3 Å². The lowest BCUT2D eigenvalue weighted by Gasteiger charge is -2.23. The lowest BCUT2D eigenvalue weighted by atomic mass is 9.83. The van der Waals surface area contributed by atoms with E-state index in [1.54, 1.807) is 0 Å². The minimum Gasteiger partial charge on any atom is -0.481 e. The summed E-state index contributed by atoms with van der Waals surface area (Å²) in [6.07, 6.45) is 17.7. The van der Waals surface area contributed by atoms with Gasteiger partial charge >= 0.3 is 5.97 Å². The first-order valence-corrected chi connectivity index (χ1v) is 11.7. The molecule has 1 N–H and O–H groups in total. The molecule has 0 aliphatic heterocycles. The number of rotatable bonds is 9. The van der Waals surface area contributed by atoms with Gasteiger partial charge in [0.15, 0.2) is 0 Å². The molecule has 0 bridgehead atoms. The van der Waals surface area contributed by atoms with Gasteiger partial charge in [-0.3, -0.25) is 4.79 Å². The van der Waals surface area contributed by atoms with E-state index >= 15 is 0 Å². The van der Waals surface area contributed by atoms with Crippen molar-refractivity contribution in [1.29, 1.82) is 0 Å². The Morgan fingerprint density at radius 2 is 1.79 bits per heavy atom. The van der Waals surface area contributed by atoms with Crippen LogP contribution in [-0.2, 0) is 11.2 Å². The average Bonchev–Trinajstić information content (AvgIpc) is 3.06. The van der Waals surface area contributed by atoms with E-state index in [0.717, 1.165) is 25.2 Å². The second kappa shape index (κ2) is 11.0. The molecule has 1 aromatic rings. The first-order valence-electron chi connectivity index (χ1n) is 11.2. The number of carboxylic acid groups (broad SMARTS) is 1. The van der Waals surface area contributed by atoms with Gasteiger partial charge in [-0.05, 0) is 67.4 Å². The van der Waals surface area contributed by atoms with Gasteiger partial charge in [0.1, 0.15) is 0 Å². The van der Waals surface area contributed by atoms with Crippen LogP contribution >= 0.6 is 11.6 Å². The number of hydrogen-bond acceptors (Lipinski definition) is 1. The molecular formula is C25H35ClO2. The van der Waals surface area contributed by atoms with Gasteiger partial charge in [0, 0.05) is 11.8 Å². The molecule has 1 aromatic carbocycles. The summed E-state index contributed by atoms with van der Waals surface area (Å²) in [6.45, 7) is 0. The maximum Gasteiger partial charge on any atom is 0.303 e. The fourth-order valence-electron chi connectivity index (χ4n) is 5.11. The van der Waals surface area contributed by atoms with E-state index in [4.69, 9.17) is 16.7 Å².